The Morgan fingerprint density at radius 3 is 2.14 bits per heavy atom. The molecular weight excluding hydrogens is 303 g/mol. The Labute approximate surface area is 123 Å². The maximum atomic E-state index is 12.7. The molecular formula is C14H20F3NO2S. The van der Waals surface area contributed by atoms with E-state index in [-0.39, 0.29) is 17.0 Å². The normalized spacial score (nSPS) is 14.8. The van der Waals surface area contributed by atoms with E-state index in [1.807, 2.05) is 27.7 Å². The molecule has 1 N–H and O–H groups in total. The van der Waals surface area contributed by atoms with Crippen LogP contribution in [-0.2, 0) is 9.84 Å². The molecule has 0 spiro atoms. The van der Waals surface area contributed by atoms with Crippen molar-refractivity contribution in [1.82, 2.24) is 0 Å². The Hall–Kier alpha value is -1.24. The first-order valence-corrected chi connectivity index (χ1v) is 8.00. The molecule has 120 valence electrons. The Kier molecular flexibility index (Phi) is 4.98. The van der Waals surface area contributed by atoms with Crippen LogP contribution in [0.3, 0.4) is 0 Å². The van der Waals surface area contributed by atoms with Gasteiger partial charge >= 0.3 is 5.51 Å². The van der Waals surface area contributed by atoms with Crippen LogP contribution in [0.4, 0.5) is 18.9 Å². The number of nitrogens with one attached hydrogen (secondary N) is 1. The Bertz CT molecular complexity index is 589. The zero-order valence-electron chi connectivity index (χ0n) is 12.5. The van der Waals surface area contributed by atoms with Gasteiger partial charge in [0.2, 0.25) is 0 Å². The first-order chi connectivity index (χ1) is 9.37. The van der Waals surface area contributed by atoms with Crippen LogP contribution in [0.2, 0.25) is 0 Å². The van der Waals surface area contributed by atoms with E-state index in [1.165, 1.54) is 18.2 Å². The predicted molar refractivity (Wildman–Crippen MR) is 76.8 cm³/mol. The predicted octanol–water partition coefficient (Wildman–Crippen LogP) is 4.07. The van der Waals surface area contributed by atoms with Crippen LogP contribution in [0.15, 0.2) is 29.2 Å². The molecule has 1 aromatic carbocycles. The summed E-state index contributed by atoms with van der Waals surface area (Å²) in [6.45, 7) is 8.37. The third-order valence-corrected chi connectivity index (χ3v) is 5.10. The number of sulfone groups is 1. The molecule has 0 saturated carbocycles. The lowest BCUT2D eigenvalue weighted by Gasteiger charge is -2.28. The second-order valence-corrected chi connectivity index (χ2v) is 8.00. The van der Waals surface area contributed by atoms with E-state index in [0.29, 0.717) is 6.54 Å². The fourth-order valence-corrected chi connectivity index (χ4v) is 2.48. The van der Waals surface area contributed by atoms with Crippen molar-refractivity contribution >= 4 is 15.5 Å². The van der Waals surface area contributed by atoms with Crippen molar-refractivity contribution in [2.24, 2.45) is 11.3 Å². The van der Waals surface area contributed by atoms with Gasteiger partial charge in [-0.15, -0.1) is 0 Å². The molecule has 0 saturated heterocycles. The summed E-state index contributed by atoms with van der Waals surface area (Å²) in [6.07, 6.45) is 0. The summed E-state index contributed by atoms with van der Waals surface area (Å²) in [6, 6.07) is 5.08. The zero-order valence-corrected chi connectivity index (χ0v) is 13.3. The smallest absolute Gasteiger partial charge is 0.384 e. The van der Waals surface area contributed by atoms with Gasteiger partial charge < -0.3 is 5.32 Å². The molecule has 1 atom stereocenters. The molecule has 7 heteroatoms. The molecule has 0 aliphatic heterocycles. The van der Waals surface area contributed by atoms with E-state index < -0.39 is 20.2 Å². The van der Waals surface area contributed by atoms with Crippen LogP contribution in [-0.4, -0.2) is 20.5 Å². The number of rotatable bonds is 4. The van der Waals surface area contributed by atoms with Crippen LogP contribution in [0, 0.1) is 11.3 Å². The van der Waals surface area contributed by atoms with Crippen molar-refractivity contribution < 1.29 is 21.6 Å². The molecule has 0 fully saturated rings. The molecule has 1 aromatic rings. The fourth-order valence-electron chi connectivity index (χ4n) is 1.54. The molecule has 0 aromatic heterocycles. The highest BCUT2D eigenvalue weighted by atomic mass is 32.2. The first kappa shape index (κ1) is 17.8. The van der Waals surface area contributed by atoms with Crippen molar-refractivity contribution in [3.8, 4) is 0 Å². The van der Waals surface area contributed by atoms with E-state index in [1.54, 1.807) is 0 Å². The molecule has 21 heavy (non-hydrogen) atoms. The van der Waals surface area contributed by atoms with Gasteiger partial charge in [0, 0.05) is 6.54 Å². The van der Waals surface area contributed by atoms with Crippen LogP contribution < -0.4 is 5.32 Å². The largest absolute Gasteiger partial charge is 0.501 e. The topological polar surface area (TPSA) is 46.2 Å². The average molecular weight is 323 g/mol. The molecule has 1 rings (SSSR count). The Morgan fingerprint density at radius 1 is 1.14 bits per heavy atom. The standard InChI is InChI=1S/C14H20F3NO2S/c1-10(13(2,3)4)9-18-11-7-5-6-8-12(11)21(19,20)14(15,16)17/h5-8,10,18H,9H2,1-4H3. The molecule has 0 aliphatic rings. The summed E-state index contributed by atoms with van der Waals surface area (Å²) in [5.74, 6) is 0.152. The minimum absolute atomic E-state index is 0.0223. The van der Waals surface area contributed by atoms with Gasteiger partial charge in [-0.05, 0) is 23.5 Å². The fraction of sp³-hybridized carbons (Fsp3) is 0.571. The summed E-state index contributed by atoms with van der Waals surface area (Å²) in [4.78, 5) is -0.737. The molecule has 0 amide bonds. The second-order valence-electron chi connectivity index (χ2n) is 6.09. The minimum atomic E-state index is -5.35. The molecule has 0 aliphatic carbocycles. The molecule has 3 nitrogen and oxygen atoms in total. The number of anilines is 1. The highest BCUT2D eigenvalue weighted by Gasteiger charge is 2.47. The van der Waals surface area contributed by atoms with Crippen LogP contribution >= 0.6 is 0 Å². The van der Waals surface area contributed by atoms with Gasteiger partial charge in [0.1, 0.15) is 0 Å². The van der Waals surface area contributed by atoms with E-state index in [2.05, 4.69) is 5.32 Å². The third-order valence-electron chi connectivity index (χ3n) is 3.56. The van der Waals surface area contributed by atoms with Gasteiger partial charge in [0.05, 0.1) is 10.6 Å². The monoisotopic (exact) mass is 323 g/mol. The molecule has 0 radical (unpaired) electrons. The molecule has 0 heterocycles. The number of alkyl halides is 3. The maximum Gasteiger partial charge on any atom is 0.501 e. The average Bonchev–Trinajstić information content (AvgIpc) is 2.33. The second kappa shape index (κ2) is 5.87. The SMILES string of the molecule is CC(CNc1ccccc1S(=O)(=O)C(F)(F)F)C(C)(C)C. The number of halogens is 3. The lowest BCUT2D eigenvalue weighted by Crippen LogP contribution is -2.27. The zero-order chi connectivity index (χ0) is 16.5. The summed E-state index contributed by atoms with van der Waals surface area (Å²) >= 11 is 0. The summed E-state index contributed by atoms with van der Waals surface area (Å²) < 4.78 is 61.1. The van der Waals surface area contributed by atoms with Gasteiger partial charge in [0.15, 0.2) is 0 Å². The van der Waals surface area contributed by atoms with Gasteiger partial charge in [-0.2, -0.15) is 13.2 Å². The Balaban J connectivity index is 3.08. The summed E-state index contributed by atoms with van der Waals surface area (Å²) in [5, 5.41) is 2.82. The van der Waals surface area contributed by atoms with Crippen molar-refractivity contribution in [2.45, 2.75) is 38.1 Å². The first-order valence-electron chi connectivity index (χ1n) is 6.51. The maximum absolute atomic E-state index is 12.7. The number of hydrogen-bond donors (Lipinski definition) is 1. The van der Waals surface area contributed by atoms with Crippen molar-refractivity contribution in [2.75, 3.05) is 11.9 Å². The summed E-state index contributed by atoms with van der Waals surface area (Å²) in [7, 11) is -5.35. The lowest BCUT2D eigenvalue weighted by molar-refractivity contribution is -0.0435. The van der Waals surface area contributed by atoms with Crippen LogP contribution in [0.5, 0.6) is 0 Å². The van der Waals surface area contributed by atoms with Gasteiger partial charge in [-0.25, -0.2) is 8.42 Å². The van der Waals surface area contributed by atoms with Gasteiger partial charge in [0.25, 0.3) is 9.84 Å². The highest BCUT2D eigenvalue weighted by Crippen LogP contribution is 2.34. The Morgan fingerprint density at radius 2 is 1.67 bits per heavy atom. The number of para-hydroxylation sites is 1. The van der Waals surface area contributed by atoms with Crippen molar-refractivity contribution in [3.05, 3.63) is 24.3 Å². The van der Waals surface area contributed by atoms with Crippen LogP contribution in [0.1, 0.15) is 27.7 Å². The molecule has 1 unspecified atom stereocenters. The third kappa shape index (κ3) is 4.12. The number of benzene rings is 1. The van der Waals surface area contributed by atoms with E-state index in [4.69, 9.17) is 0 Å². The van der Waals surface area contributed by atoms with Crippen molar-refractivity contribution in [3.63, 3.8) is 0 Å². The van der Waals surface area contributed by atoms with E-state index >= 15 is 0 Å². The van der Waals surface area contributed by atoms with Crippen molar-refractivity contribution in [1.29, 1.82) is 0 Å². The van der Waals surface area contributed by atoms with Crippen LogP contribution in [0.25, 0.3) is 0 Å². The van der Waals surface area contributed by atoms with E-state index in [9.17, 15) is 21.6 Å². The highest BCUT2D eigenvalue weighted by molar-refractivity contribution is 7.92. The quantitative estimate of drug-likeness (QED) is 0.908. The van der Waals surface area contributed by atoms with E-state index in [0.717, 1.165) is 6.07 Å². The molecule has 0 bridgehead atoms. The number of hydrogen-bond acceptors (Lipinski definition) is 3. The minimum Gasteiger partial charge on any atom is -0.384 e. The van der Waals surface area contributed by atoms with Gasteiger partial charge in [-0.3, -0.25) is 0 Å². The lowest BCUT2D eigenvalue weighted by atomic mass is 9.82. The summed E-state index contributed by atoms with van der Waals surface area (Å²) in [5.41, 5.74) is -5.36. The van der Waals surface area contributed by atoms with Gasteiger partial charge in [-0.1, -0.05) is 39.8 Å².